The molecule has 0 bridgehead atoms. The number of unbranched alkanes of at least 4 members (excludes halogenated alkanes) is 3. The lowest BCUT2D eigenvalue weighted by Gasteiger charge is -2.06. The first-order chi connectivity index (χ1) is 11.7. The zero-order valence-corrected chi connectivity index (χ0v) is 15.1. The molecule has 0 atom stereocenters. The van der Waals surface area contributed by atoms with Gasteiger partial charge >= 0.3 is 0 Å². The summed E-state index contributed by atoms with van der Waals surface area (Å²) >= 11 is 6.09. The van der Waals surface area contributed by atoms with E-state index in [0.29, 0.717) is 0 Å². The molecule has 128 valence electrons. The molecule has 2 aromatic rings. The molecule has 0 amide bonds. The van der Waals surface area contributed by atoms with Crippen LogP contribution in [0.2, 0.25) is 5.02 Å². The zero-order chi connectivity index (χ0) is 17.2. The highest BCUT2D eigenvalue weighted by Crippen LogP contribution is 2.20. The van der Waals surface area contributed by atoms with Gasteiger partial charge in [-0.15, -0.1) is 0 Å². The molecule has 0 heterocycles. The van der Waals surface area contributed by atoms with Crippen LogP contribution in [-0.4, -0.2) is 12.8 Å². The van der Waals surface area contributed by atoms with Crippen LogP contribution in [0.3, 0.4) is 0 Å². The molecule has 0 spiro atoms. The van der Waals surface area contributed by atoms with E-state index in [1.807, 2.05) is 49.4 Å². The Morgan fingerprint density at radius 2 is 1.88 bits per heavy atom. The normalized spacial score (nSPS) is 11.0. The maximum Gasteiger partial charge on any atom is 0.119 e. The maximum absolute atomic E-state index is 6.09. The Morgan fingerprint density at radius 1 is 1.08 bits per heavy atom. The van der Waals surface area contributed by atoms with Crippen LogP contribution in [-0.2, 0) is 0 Å². The highest BCUT2D eigenvalue weighted by molar-refractivity contribution is 6.31. The van der Waals surface area contributed by atoms with Crippen LogP contribution < -0.4 is 10.2 Å². The van der Waals surface area contributed by atoms with Gasteiger partial charge in [0.15, 0.2) is 0 Å². The molecule has 0 saturated carbocycles. The Bertz CT molecular complexity index is 653. The van der Waals surface area contributed by atoms with Gasteiger partial charge in [0.2, 0.25) is 0 Å². The monoisotopic (exact) mass is 344 g/mol. The summed E-state index contributed by atoms with van der Waals surface area (Å²) in [4.78, 5) is 0. The molecule has 0 aliphatic carbocycles. The summed E-state index contributed by atoms with van der Waals surface area (Å²) in [7, 11) is 0. The van der Waals surface area contributed by atoms with Gasteiger partial charge in [-0.05, 0) is 60.9 Å². The van der Waals surface area contributed by atoms with Gasteiger partial charge in [-0.3, -0.25) is 5.43 Å². The van der Waals surface area contributed by atoms with Crippen LogP contribution in [0.1, 0.15) is 43.7 Å². The molecule has 3 nitrogen and oxygen atoms in total. The van der Waals surface area contributed by atoms with Gasteiger partial charge in [0.25, 0.3) is 0 Å². The van der Waals surface area contributed by atoms with Crippen molar-refractivity contribution < 1.29 is 4.74 Å². The molecule has 0 aliphatic rings. The Balaban J connectivity index is 1.79. The average molecular weight is 345 g/mol. The first kappa shape index (κ1) is 18.3. The van der Waals surface area contributed by atoms with Crippen LogP contribution in [0.4, 0.5) is 5.69 Å². The fourth-order valence-electron chi connectivity index (χ4n) is 2.21. The summed E-state index contributed by atoms with van der Waals surface area (Å²) in [5, 5.41) is 4.97. The van der Waals surface area contributed by atoms with Crippen LogP contribution in [0.15, 0.2) is 47.6 Å². The van der Waals surface area contributed by atoms with Gasteiger partial charge in [0, 0.05) is 5.02 Å². The van der Waals surface area contributed by atoms with E-state index >= 15 is 0 Å². The molecule has 0 aliphatic heterocycles. The minimum absolute atomic E-state index is 0.732. The van der Waals surface area contributed by atoms with Crippen molar-refractivity contribution in [1.82, 2.24) is 0 Å². The van der Waals surface area contributed by atoms with Crippen LogP contribution in [0.5, 0.6) is 5.75 Å². The van der Waals surface area contributed by atoms with E-state index in [9.17, 15) is 0 Å². The number of halogens is 1. The number of hydrazone groups is 1. The Hall–Kier alpha value is -2.00. The lowest BCUT2D eigenvalue weighted by atomic mass is 10.2. The Morgan fingerprint density at radius 3 is 2.58 bits per heavy atom. The minimum Gasteiger partial charge on any atom is -0.494 e. The van der Waals surface area contributed by atoms with Crippen molar-refractivity contribution in [3.8, 4) is 5.75 Å². The topological polar surface area (TPSA) is 33.6 Å². The second-order valence-electron chi connectivity index (χ2n) is 5.81. The van der Waals surface area contributed by atoms with Gasteiger partial charge < -0.3 is 4.74 Å². The number of nitrogens with one attached hydrogen (secondary N) is 1. The van der Waals surface area contributed by atoms with Crippen molar-refractivity contribution in [1.29, 1.82) is 0 Å². The number of aryl methyl sites for hydroxylation is 1. The van der Waals surface area contributed by atoms with Crippen LogP contribution >= 0.6 is 11.6 Å². The summed E-state index contributed by atoms with van der Waals surface area (Å²) in [5.74, 6) is 0.905. The van der Waals surface area contributed by atoms with Gasteiger partial charge in [-0.25, -0.2) is 0 Å². The number of anilines is 1. The van der Waals surface area contributed by atoms with E-state index in [-0.39, 0.29) is 0 Å². The average Bonchev–Trinajstić information content (AvgIpc) is 2.59. The number of ether oxygens (including phenoxy) is 1. The number of hydrogen-bond acceptors (Lipinski definition) is 3. The highest BCUT2D eigenvalue weighted by Gasteiger charge is 1.97. The Labute approximate surface area is 149 Å². The summed E-state index contributed by atoms with van der Waals surface area (Å²) in [6.07, 6.45) is 6.64. The standard InChI is InChI=1S/C20H25ClN2O/c1-3-4-5-6-13-24-19-11-8-17(9-12-19)15-22-23-18-10-7-16(2)20(21)14-18/h7-12,14-15,23H,3-6,13H2,1-2H3/b22-15+. The summed E-state index contributed by atoms with van der Waals surface area (Å²) in [6, 6.07) is 13.7. The predicted octanol–water partition coefficient (Wildman–Crippen LogP) is 6.05. The summed E-state index contributed by atoms with van der Waals surface area (Å²) in [5.41, 5.74) is 5.92. The van der Waals surface area contributed by atoms with Crippen molar-refractivity contribution in [3.05, 3.63) is 58.6 Å². The van der Waals surface area contributed by atoms with E-state index < -0.39 is 0 Å². The van der Waals surface area contributed by atoms with E-state index in [2.05, 4.69) is 17.5 Å². The molecule has 0 aromatic heterocycles. The first-order valence-corrected chi connectivity index (χ1v) is 8.85. The van der Waals surface area contributed by atoms with Crippen molar-refractivity contribution in [2.24, 2.45) is 5.10 Å². The highest BCUT2D eigenvalue weighted by atomic mass is 35.5. The number of nitrogens with zero attached hydrogens (tertiary/aromatic N) is 1. The molecule has 24 heavy (non-hydrogen) atoms. The first-order valence-electron chi connectivity index (χ1n) is 8.47. The second kappa shape index (κ2) is 9.99. The van der Waals surface area contributed by atoms with Gasteiger partial charge in [-0.2, -0.15) is 5.10 Å². The quantitative estimate of drug-likeness (QED) is 0.341. The molecular formula is C20H25ClN2O. The van der Waals surface area contributed by atoms with Crippen molar-refractivity contribution in [3.63, 3.8) is 0 Å². The number of benzene rings is 2. The largest absolute Gasteiger partial charge is 0.494 e. The lowest BCUT2D eigenvalue weighted by Crippen LogP contribution is -1.97. The molecular weight excluding hydrogens is 320 g/mol. The SMILES string of the molecule is CCCCCCOc1ccc(/C=N/Nc2ccc(C)c(Cl)c2)cc1. The minimum atomic E-state index is 0.732. The third kappa shape index (κ3) is 6.25. The van der Waals surface area contributed by atoms with Crippen molar-refractivity contribution >= 4 is 23.5 Å². The molecule has 4 heteroatoms. The molecule has 0 unspecified atom stereocenters. The molecule has 1 N–H and O–H groups in total. The second-order valence-corrected chi connectivity index (χ2v) is 6.22. The van der Waals surface area contributed by atoms with Gasteiger partial charge in [0.05, 0.1) is 18.5 Å². The van der Waals surface area contributed by atoms with E-state index in [1.54, 1.807) is 6.21 Å². The molecule has 0 radical (unpaired) electrons. The van der Waals surface area contributed by atoms with Crippen LogP contribution in [0, 0.1) is 6.92 Å². The molecule has 2 aromatic carbocycles. The fourth-order valence-corrected chi connectivity index (χ4v) is 2.39. The van der Waals surface area contributed by atoms with Crippen LogP contribution in [0.25, 0.3) is 0 Å². The molecule has 2 rings (SSSR count). The molecule has 0 saturated heterocycles. The van der Waals surface area contributed by atoms with Gasteiger partial charge in [-0.1, -0.05) is 43.9 Å². The third-order valence-corrected chi connectivity index (χ3v) is 4.13. The summed E-state index contributed by atoms with van der Waals surface area (Å²) < 4.78 is 5.73. The van der Waals surface area contributed by atoms with E-state index in [4.69, 9.17) is 16.3 Å². The Kier molecular flexibility index (Phi) is 7.63. The number of hydrogen-bond donors (Lipinski definition) is 1. The van der Waals surface area contributed by atoms with E-state index in [0.717, 1.165) is 40.6 Å². The third-order valence-electron chi connectivity index (χ3n) is 3.73. The lowest BCUT2D eigenvalue weighted by molar-refractivity contribution is 0.305. The summed E-state index contributed by atoms with van der Waals surface area (Å²) in [6.45, 7) is 4.97. The van der Waals surface area contributed by atoms with Crippen molar-refractivity contribution in [2.75, 3.05) is 12.0 Å². The fraction of sp³-hybridized carbons (Fsp3) is 0.350. The zero-order valence-electron chi connectivity index (χ0n) is 14.4. The maximum atomic E-state index is 6.09. The van der Waals surface area contributed by atoms with Gasteiger partial charge in [0.1, 0.15) is 5.75 Å². The van der Waals surface area contributed by atoms with E-state index in [1.165, 1.54) is 19.3 Å². The number of rotatable bonds is 9. The molecule has 0 fully saturated rings. The van der Waals surface area contributed by atoms with Crippen molar-refractivity contribution in [2.45, 2.75) is 39.5 Å². The smallest absolute Gasteiger partial charge is 0.119 e. The predicted molar refractivity (Wildman–Crippen MR) is 103 cm³/mol.